The van der Waals surface area contributed by atoms with Gasteiger partial charge in [-0.2, -0.15) is 0 Å². The molecule has 0 bridgehead atoms. The Kier molecular flexibility index (Phi) is 7.10. The molecule has 0 heterocycles. The molecule has 31 heavy (non-hydrogen) atoms. The van der Waals surface area contributed by atoms with Crippen LogP contribution in [0.25, 0.3) is 6.08 Å². The van der Waals surface area contributed by atoms with Gasteiger partial charge in [-0.3, -0.25) is 4.79 Å². The fourth-order valence-electron chi connectivity index (χ4n) is 2.77. The van der Waals surface area contributed by atoms with E-state index in [0.29, 0.717) is 27.5 Å². The van der Waals surface area contributed by atoms with Crippen LogP contribution in [0, 0.1) is 5.82 Å². The number of halogens is 1. The molecule has 0 saturated carbocycles. The summed E-state index contributed by atoms with van der Waals surface area (Å²) in [6.45, 7) is 0. The maximum atomic E-state index is 13.2. The van der Waals surface area contributed by atoms with Gasteiger partial charge < -0.3 is 14.9 Å². The zero-order chi connectivity index (χ0) is 22.4. The average Bonchev–Trinajstić information content (AvgIpc) is 2.77. The number of carbonyl (C=O) groups is 2. The smallest absolute Gasteiger partial charge is 0.335 e. The van der Waals surface area contributed by atoms with Crippen molar-refractivity contribution in [3.63, 3.8) is 0 Å². The number of methoxy groups -OCH3 is 1. The molecular formula is C24H19FO5S. The van der Waals surface area contributed by atoms with Crippen molar-refractivity contribution in [1.29, 1.82) is 0 Å². The molecule has 0 spiro atoms. The van der Waals surface area contributed by atoms with Gasteiger partial charge in [0.2, 0.25) is 0 Å². The number of aromatic hydroxyl groups is 1. The summed E-state index contributed by atoms with van der Waals surface area (Å²) in [6.07, 6.45) is 1.64. The van der Waals surface area contributed by atoms with Gasteiger partial charge in [0.15, 0.2) is 17.3 Å². The van der Waals surface area contributed by atoms with Crippen molar-refractivity contribution >= 4 is 29.6 Å². The minimum absolute atomic E-state index is 0.0580. The van der Waals surface area contributed by atoms with Crippen LogP contribution in [-0.4, -0.2) is 29.1 Å². The standard InChI is InChI=1S/C24H19FO5S/c1-30-21-11-4-16(12-20(21)26)13-22(31-14-15-2-9-19(25)10-3-15)23(27)17-5-7-18(8-6-17)24(28)29/h2-13,26H,14H2,1H3,(H,28,29)/b22-13+. The van der Waals surface area contributed by atoms with Crippen molar-refractivity contribution in [3.05, 3.63) is 99.7 Å². The molecule has 3 aromatic rings. The molecule has 2 N–H and O–H groups in total. The van der Waals surface area contributed by atoms with Gasteiger partial charge in [0.1, 0.15) is 5.82 Å². The molecule has 7 heteroatoms. The van der Waals surface area contributed by atoms with Crippen molar-refractivity contribution in [2.24, 2.45) is 0 Å². The van der Waals surface area contributed by atoms with Gasteiger partial charge >= 0.3 is 5.97 Å². The Balaban J connectivity index is 1.92. The Morgan fingerprint density at radius 3 is 2.23 bits per heavy atom. The number of ketones is 1. The zero-order valence-electron chi connectivity index (χ0n) is 16.5. The number of rotatable bonds is 8. The largest absolute Gasteiger partial charge is 0.504 e. The van der Waals surface area contributed by atoms with Gasteiger partial charge in [-0.1, -0.05) is 30.3 Å². The molecular weight excluding hydrogens is 419 g/mol. The predicted molar refractivity (Wildman–Crippen MR) is 118 cm³/mol. The number of hydrogen-bond donors (Lipinski definition) is 2. The Morgan fingerprint density at radius 1 is 1.00 bits per heavy atom. The van der Waals surface area contributed by atoms with Crippen LogP contribution in [-0.2, 0) is 5.75 Å². The van der Waals surface area contributed by atoms with Gasteiger partial charge in [0.25, 0.3) is 0 Å². The number of phenolic OH excluding ortho intramolecular Hbond substituents is 1. The number of carboxylic acid groups (broad SMARTS) is 1. The molecule has 0 aromatic heterocycles. The molecule has 0 unspecified atom stereocenters. The number of allylic oxidation sites excluding steroid dienone is 1. The molecule has 0 fully saturated rings. The lowest BCUT2D eigenvalue weighted by molar-refractivity contribution is 0.0696. The predicted octanol–water partition coefficient (Wildman–Crippen LogP) is 5.40. The van der Waals surface area contributed by atoms with E-state index in [1.54, 1.807) is 30.3 Å². The van der Waals surface area contributed by atoms with Crippen molar-refractivity contribution in [1.82, 2.24) is 0 Å². The summed E-state index contributed by atoms with van der Waals surface area (Å²) in [6, 6.07) is 16.4. The Bertz CT molecular complexity index is 1120. The van der Waals surface area contributed by atoms with E-state index in [0.717, 1.165) is 5.56 Å². The van der Waals surface area contributed by atoms with Crippen molar-refractivity contribution < 1.29 is 28.9 Å². The Hall–Kier alpha value is -3.58. The topological polar surface area (TPSA) is 83.8 Å². The molecule has 0 aliphatic heterocycles. The molecule has 0 amide bonds. The van der Waals surface area contributed by atoms with Crippen LogP contribution in [0.2, 0.25) is 0 Å². The molecule has 0 radical (unpaired) electrons. The molecule has 0 aliphatic carbocycles. The lowest BCUT2D eigenvalue weighted by Crippen LogP contribution is -2.03. The van der Waals surface area contributed by atoms with Crippen LogP contribution in [0.1, 0.15) is 31.8 Å². The summed E-state index contributed by atoms with van der Waals surface area (Å²) in [7, 11) is 1.44. The lowest BCUT2D eigenvalue weighted by Gasteiger charge is -2.09. The van der Waals surface area contributed by atoms with Gasteiger partial charge in [0, 0.05) is 11.3 Å². The second-order valence-corrected chi connectivity index (χ2v) is 7.58. The quantitative estimate of drug-likeness (QED) is 0.362. The average molecular weight is 438 g/mol. The minimum Gasteiger partial charge on any atom is -0.504 e. The number of aromatic carboxylic acids is 1. The van der Waals surface area contributed by atoms with Crippen molar-refractivity contribution in [2.75, 3.05) is 7.11 Å². The van der Waals surface area contributed by atoms with Gasteiger partial charge in [-0.25, -0.2) is 9.18 Å². The third-order valence-corrected chi connectivity index (χ3v) is 5.52. The third kappa shape index (κ3) is 5.73. The summed E-state index contributed by atoms with van der Waals surface area (Å²) >= 11 is 1.26. The van der Waals surface area contributed by atoms with Crippen LogP contribution in [0.5, 0.6) is 11.5 Å². The van der Waals surface area contributed by atoms with E-state index in [1.165, 1.54) is 61.3 Å². The number of thioether (sulfide) groups is 1. The highest BCUT2D eigenvalue weighted by atomic mass is 32.2. The molecule has 158 valence electrons. The summed E-state index contributed by atoms with van der Waals surface area (Å²) < 4.78 is 18.2. The first kappa shape index (κ1) is 22.1. The van der Waals surface area contributed by atoms with Crippen LogP contribution < -0.4 is 4.74 Å². The van der Waals surface area contributed by atoms with E-state index >= 15 is 0 Å². The molecule has 3 aromatic carbocycles. The Morgan fingerprint density at radius 2 is 1.65 bits per heavy atom. The SMILES string of the molecule is COc1ccc(/C=C(/SCc2ccc(F)cc2)C(=O)c2ccc(C(=O)O)cc2)cc1O. The van der Waals surface area contributed by atoms with Crippen molar-refractivity contribution in [2.45, 2.75) is 5.75 Å². The summed E-state index contributed by atoms with van der Waals surface area (Å²) in [5.41, 5.74) is 1.85. The second kappa shape index (κ2) is 9.95. The first-order valence-corrected chi connectivity index (χ1v) is 10.2. The normalized spacial score (nSPS) is 11.2. The highest BCUT2D eigenvalue weighted by molar-refractivity contribution is 8.03. The van der Waals surface area contributed by atoms with E-state index in [9.17, 15) is 19.1 Å². The molecule has 3 rings (SSSR count). The van der Waals surface area contributed by atoms with Gasteiger partial charge in [-0.05, 0) is 53.6 Å². The maximum absolute atomic E-state index is 13.2. The first-order valence-electron chi connectivity index (χ1n) is 9.21. The molecule has 5 nitrogen and oxygen atoms in total. The number of benzene rings is 3. The molecule has 0 atom stereocenters. The number of hydrogen-bond acceptors (Lipinski definition) is 5. The Labute approximate surface area is 182 Å². The first-order chi connectivity index (χ1) is 14.9. The van der Waals surface area contributed by atoms with Crippen LogP contribution >= 0.6 is 11.8 Å². The molecule has 0 saturated heterocycles. The summed E-state index contributed by atoms with van der Waals surface area (Å²) in [4.78, 5) is 24.6. The lowest BCUT2D eigenvalue weighted by atomic mass is 10.1. The minimum atomic E-state index is -1.07. The highest BCUT2D eigenvalue weighted by Gasteiger charge is 2.15. The number of ether oxygens (including phenoxy) is 1. The summed E-state index contributed by atoms with van der Waals surface area (Å²) in [5, 5.41) is 19.1. The fourth-order valence-corrected chi connectivity index (χ4v) is 3.75. The monoisotopic (exact) mass is 438 g/mol. The van der Waals surface area contributed by atoms with Gasteiger partial charge in [-0.15, -0.1) is 11.8 Å². The summed E-state index contributed by atoms with van der Waals surface area (Å²) in [5.74, 6) is -1.03. The van der Waals surface area contributed by atoms with E-state index in [-0.39, 0.29) is 22.9 Å². The molecule has 0 aliphatic rings. The van der Waals surface area contributed by atoms with E-state index in [4.69, 9.17) is 9.84 Å². The van der Waals surface area contributed by atoms with Crippen LogP contribution in [0.15, 0.2) is 71.6 Å². The van der Waals surface area contributed by atoms with Crippen LogP contribution in [0.3, 0.4) is 0 Å². The number of carboxylic acids is 1. The fraction of sp³-hybridized carbons (Fsp3) is 0.0833. The second-order valence-electron chi connectivity index (χ2n) is 6.57. The number of phenols is 1. The maximum Gasteiger partial charge on any atom is 0.335 e. The van der Waals surface area contributed by atoms with E-state index < -0.39 is 5.97 Å². The zero-order valence-corrected chi connectivity index (χ0v) is 17.4. The number of Topliss-reactive ketones (excluding diaryl/α,β-unsaturated/α-hetero) is 1. The van der Waals surface area contributed by atoms with E-state index in [1.807, 2.05) is 0 Å². The third-order valence-electron chi connectivity index (χ3n) is 4.43. The van der Waals surface area contributed by atoms with E-state index in [2.05, 4.69) is 0 Å². The van der Waals surface area contributed by atoms with Crippen LogP contribution in [0.4, 0.5) is 4.39 Å². The van der Waals surface area contributed by atoms with Crippen molar-refractivity contribution in [3.8, 4) is 11.5 Å². The highest BCUT2D eigenvalue weighted by Crippen LogP contribution is 2.31. The number of carbonyl (C=O) groups excluding carboxylic acids is 1. The van der Waals surface area contributed by atoms with Gasteiger partial charge in [0.05, 0.1) is 17.6 Å².